The fraction of sp³-hybridized carbons (Fsp3) is 0.250. The quantitative estimate of drug-likeness (QED) is 0.852. The Hall–Kier alpha value is -1.81. The summed E-state index contributed by atoms with van der Waals surface area (Å²) in [6.45, 7) is 2.81. The van der Waals surface area contributed by atoms with Gasteiger partial charge in [-0.3, -0.25) is 0 Å². The number of rotatable bonds is 4. The summed E-state index contributed by atoms with van der Waals surface area (Å²) in [5, 5.41) is 3.78. The van der Waals surface area contributed by atoms with Crippen LogP contribution >= 0.6 is 0 Å². The molecule has 0 unspecified atom stereocenters. The van der Waals surface area contributed by atoms with E-state index in [-0.39, 0.29) is 0 Å². The summed E-state index contributed by atoms with van der Waals surface area (Å²) in [5.74, 6) is 1.52. The Kier molecular flexibility index (Phi) is 3.22. The van der Waals surface area contributed by atoms with E-state index in [0.717, 1.165) is 22.8 Å². The summed E-state index contributed by atoms with van der Waals surface area (Å²) in [6.07, 6.45) is 0. The fourth-order valence-corrected chi connectivity index (χ4v) is 1.36. The monoisotopic (exact) mass is 218 g/mol. The maximum atomic E-state index is 5.53. The standard InChI is InChI=1S/C12H14N2O2/c1-9-6-12(16-14-9)8-15-11-4-2-10(7-13)3-5-11/h2-6H,7-8,13H2,1H3. The number of hydrogen-bond acceptors (Lipinski definition) is 4. The van der Waals surface area contributed by atoms with Gasteiger partial charge in [0.2, 0.25) is 0 Å². The molecule has 0 atom stereocenters. The molecule has 4 nitrogen and oxygen atoms in total. The molecule has 0 aliphatic rings. The summed E-state index contributed by atoms with van der Waals surface area (Å²) in [7, 11) is 0. The third-order valence-electron chi connectivity index (χ3n) is 2.22. The number of ether oxygens (including phenoxy) is 1. The summed E-state index contributed by atoms with van der Waals surface area (Å²) in [6, 6.07) is 9.53. The molecule has 0 bridgehead atoms. The SMILES string of the molecule is Cc1cc(COc2ccc(CN)cc2)on1. The normalized spacial score (nSPS) is 10.4. The molecule has 0 saturated heterocycles. The third-order valence-corrected chi connectivity index (χ3v) is 2.22. The van der Waals surface area contributed by atoms with Gasteiger partial charge < -0.3 is 15.0 Å². The van der Waals surface area contributed by atoms with Crippen molar-refractivity contribution in [3.63, 3.8) is 0 Å². The molecule has 0 fully saturated rings. The molecular formula is C12H14N2O2. The Balaban J connectivity index is 1.94. The molecule has 2 N–H and O–H groups in total. The maximum absolute atomic E-state index is 5.53. The van der Waals surface area contributed by atoms with Crippen LogP contribution in [-0.4, -0.2) is 5.16 Å². The van der Waals surface area contributed by atoms with Crippen molar-refractivity contribution in [1.29, 1.82) is 0 Å². The number of aromatic nitrogens is 1. The second-order valence-electron chi connectivity index (χ2n) is 3.57. The van der Waals surface area contributed by atoms with Gasteiger partial charge in [0.1, 0.15) is 12.4 Å². The molecule has 0 aliphatic heterocycles. The van der Waals surface area contributed by atoms with Crippen LogP contribution in [0.25, 0.3) is 0 Å². The molecule has 2 rings (SSSR count). The minimum atomic E-state index is 0.392. The van der Waals surface area contributed by atoms with Gasteiger partial charge in [-0.15, -0.1) is 0 Å². The molecule has 0 radical (unpaired) electrons. The molecule has 0 aliphatic carbocycles. The van der Waals surface area contributed by atoms with Crippen LogP contribution in [0.3, 0.4) is 0 Å². The third kappa shape index (κ3) is 2.61. The first-order chi connectivity index (χ1) is 7.78. The predicted octanol–water partition coefficient (Wildman–Crippen LogP) is 2.02. The molecule has 4 heteroatoms. The molecule has 84 valence electrons. The smallest absolute Gasteiger partial charge is 0.174 e. The molecule has 0 saturated carbocycles. The molecule has 1 aromatic heterocycles. The van der Waals surface area contributed by atoms with Crippen molar-refractivity contribution in [2.45, 2.75) is 20.1 Å². The zero-order valence-corrected chi connectivity index (χ0v) is 9.14. The largest absolute Gasteiger partial charge is 0.486 e. The first-order valence-corrected chi connectivity index (χ1v) is 5.12. The zero-order valence-electron chi connectivity index (χ0n) is 9.14. The van der Waals surface area contributed by atoms with Gasteiger partial charge in [0.05, 0.1) is 5.69 Å². The molecule has 1 aromatic carbocycles. The number of nitrogens with zero attached hydrogens (tertiary/aromatic N) is 1. The fourth-order valence-electron chi connectivity index (χ4n) is 1.36. The maximum Gasteiger partial charge on any atom is 0.174 e. The lowest BCUT2D eigenvalue weighted by Crippen LogP contribution is -1.97. The number of aryl methyl sites for hydroxylation is 1. The minimum absolute atomic E-state index is 0.392. The molecule has 16 heavy (non-hydrogen) atoms. The van der Waals surface area contributed by atoms with Crippen LogP contribution in [0.5, 0.6) is 5.75 Å². The van der Waals surface area contributed by atoms with E-state index in [0.29, 0.717) is 13.2 Å². The Bertz CT molecular complexity index is 448. The van der Waals surface area contributed by atoms with Gasteiger partial charge in [0.15, 0.2) is 5.76 Å². The second-order valence-corrected chi connectivity index (χ2v) is 3.57. The van der Waals surface area contributed by atoms with E-state index in [1.54, 1.807) is 0 Å². The van der Waals surface area contributed by atoms with Gasteiger partial charge in [-0.2, -0.15) is 0 Å². The van der Waals surface area contributed by atoms with Crippen molar-refractivity contribution < 1.29 is 9.26 Å². The first kappa shape index (κ1) is 10.7. The Morgan fingerprint density at radius 1 is 1.31 bits per heavy atom. The van der Waals surface area contributed by atoms with Gasteiger partial charge in [-0.25, -0.2) is 0 Å². The lowest BCUT2D eigenvalue weighted by atomic mass is 10.2. The van der Waals surface area contributed by atoms with Crippen molar-refractivity contribution >= 4 is 0 Å². The van der Waals surface area contributed by atoms with Crippen LogP contribution in [0.4, 0.5) is 0 Å². The van der Waals surface area contributed by atoms with Gasteiger partial charge in [-0.05, 0) is 24.6 Å². The molecular weight excluding hydrogens is 204 g/mol. The van der Waals surface area contributed by atoms with Gasteiger partial charge >= 0.3 is 0 Å². The van der Waals surface area contributed by atoms with Crippen LogP contribution in [0, 0.1) is 6.92 Å². The van der Waals surface area contributed by atoms with Gasteiger partial charge in [0, 0.05) is 12.6 Å². The van der Waals surface area contributed by atoms with E-state index >= 15 is 0 Å². The van der Waals surface area contributed by atoms with E-state index in [1.165, 1.54) is 0 Å². The highest BCUT2D eigenvalue weighted by Gasteiger charge is 2.01. The van der Waals surface area contributed by atoms with Crippen LogP contribution < -0.4 is 10.5 Å². The lowest BCUT2D eigenvalue weighted by molar-refractivity contribution is 0.248. The molecule has 2 aromatic rings. The van der Waals surface area contributed by atoms with Crippen molar-refractivity contribution in [3.8, 4) is 5.75 Å². The van der Waals surface area contributed by atoms with Crippen molar-refractivity contribution in [2.75, 3.05) is 0 Å². The Labute approximate surface area is 94.0 Å². The highest BCUT2D eigenvalue weighted by atomic mass is 16.5. The average Bonchev–Trinajstić information content (AvgIpc) is 2.73. The number of nitrogens with two attached hydrogens (primary N) is 1. The topological polar surface area (TPSA) is 61.3 Å². The van der Waals surface area contributed by atoms with E-state index in [9.17, 15) is 0 Å². The summed E-state index contributed by atoms with van der Waals surface area (Å²) in [4.78, 5) is 0. The average molecular weight is 218 g/mol. The molecule has 0 amide bonds. The number of hydrogen-bond donors (Lipinski definition) is 1. The van der Waals surface area contributed by atoms with Crippen LogP contribution in [0.2, 0.25) is 0 Å². The molecule has 1 heterocycles. The van der Waals surface area contributed by atoms with E-state index < -0.39 is 0 Å². The van der Waals surface area contributed by atoms with Crippen LogP contribution in [0.15, 0.2) is 34.9 Å². The van der Waals surface area contributed by atoms with E-state index in [4.69, 9.17) is 15.0 Å². The summed E-state index contributed by atoms with van der Waals surface area (Å²) >= 11 is 0. The minimum Gasteiger partial charge on any atom is -0.486 e. The predicted molar refractivity (Wildman–Crippen MR) is 59.9 cm³/mol. The number of benzene rings is 1. The second kappa shape index (κ2) is 4.81. The lowest BCUT2D eigenvalue weighted by Gasteiger charge is -2.04. The van der Waals surface area contributed by atoms with Crippen molar-refractivity contribution in [2.24, 2.45) is 5.73 Å². The van der Waals surface area contributed by atoms with Gasteiger partial charge in [0.25, 0.3) is 0 Å². The Morgan fingerprint density at radius 2 is 2.06 bits per heavy atom. The Morgan fingerprint density at radius 3 is 2.62 bits per heavy atom. The van der Waals surface area contributed by atoms with Gasteiger partial charge in [-0.1, -0.05) is 17.3 Å². The molecule has 0 spiro atoms. The zero-order chi connectivity index (χ0) is 11.4. The van der Waals surface area contributed by atoms with Crippen LogP contribution in [0.1, 0.15) is 17.0 Å². The summed E-state index contributed by atoms with van der Waals surface area (Å²) in [5.41, 5.74) is 7.45. The van der Waals surface area contributed by atoms with Crippen molar-refractivity contribution in [3.05, 3.63) is 47.3 Å². The van der Waals surface area contributed by atoms with Crippen LogP contribution in [-0.2, 0) is 13.2 Å². The first-order valence-electron chi connectivity index (χ1n) is 5.12. The van der Waals surface area contributed by atoms with E-state index in [2.05, 4.69) is 5.16 Å². The highest BCUT2D eigenvalue weighted by molar-refractivity contribution is 5.27. The summed E-state index contributed by atoms with van der Waals surface area (Å²) < 4.78 is 10.6. The van der Waals surface area contributed by atoms with Crippen molar-refractivity contribution in [1.82, 2.24) is 5.16 Å². The highest BCUT2D eigenvalue weighted by Crippen LogP contribution is 2.14. The van der Waals surface area contributed by atoms with E-state index in [1.807, 2.05) is 37.3 Å².